The second kappa shape index (κ2) is 4.74. The highest BCUT2D eigenvalue weighted by molar-refractivity contribution is 6.32. The zero-order valence-corrected chi connectivity index (χ0v) is 10.8. The Labute approximate surface area is 103 Å². The first-order valence-electron chi connectivity index (χ1n) is 6.24. The smallest absolute Gasteiger partial charge is 0.258 e. The van der Waals surface area contributed by atoms with E-state index in [1.54, 1.807) is 4.90 Å². The molecule has 1 amide bonds. The maximum atomic E-state index is 12.2. The molecule has 1 aromatic rings. The predicted molar refractivity (Wildman–Crippen MR) is 72.0 cm³/mol. The van der Waals surface area contributed by atoms with E-state index in [4.69, 9.17) is 0 Å². The number of amides is 1. The summed E-state index contributed by atoms with van der Waals surface area (Å²) in [6.45, 7) is 4.26. The van der Waals surface area contributed by atoms with E-state index in [2.05, 4.69) is 13.8 Å². The van der Waals surface area contributed by atoms with Crippen LogP contribution in [0.15, 0.2) is 29.8 Å². The van der Waals surface area contributed by atoms with Gasteiger partial charge in [-0.2, -0.15) is 0 Å². The summed E-state index contributed by atoms with van der Waals surface area (Å²) in [7, 11) is 1.85. The second-order valence-electron chi connectivity index (χ2n) is 4.64. The second-order valence-corrected chi connectivity index (χ2v) is 4.64. The standard InChI is InChI=1S/C15H19NO/c1-4-5-8-11(2)14-12-9-6-7-10-13(12)16(3)15(14)17/h6-7,9-10H,4-5,8H2,1-3H3/b14-11-. The van der Waals surface area contributed by atoms with Gasteiger partial charge >= 0.3 is 0 Å². The molecule has 0 saturated heterocycles. The molecule has 2 nitrogen and oxygen atoms in total. The molecule has 0 bridgehead atoms. The third-order valence-electron chi connectivity index (χ3n) is 3.39. The van der Waals surface area contributed by atoms with Gasteiger partial charge in [-0.25, -0.2) is 0 Å². The number of anilines is 1. The van der Waals surface area contributed by atoms with Gasteiger partial charge in [0.2, 0.25) is 0 Å². The monoisotopic (exact) mass is 229 g/mol. The predicted octanol–water partition coefficient (Wildman–Crippen LogP) is 3.63. The van der Waals surface area contributed by atoms with Crippen LogP contribution in [-0.2, 0) is 4.79 Å². The molecule has 0 radical (unpaired) electrons. The van der Waals surface area contributed by atoms with Crippen molar-refractivity contribution in [3.63, 3.8) is 0 Å². The minimum absolute atomic E-state index is 0.139. The minimum atomic E-state index is 0.139. The normalized spacial score (nSPS) is 17.4. The fourth-order valence-corrected chi connectivity index (χ4v) is 2.35. The van der Waals surface area contributed by atoms with Crippen LogP contribution in [0.25, 0.3) is 5.57 Å². The van der Waals surface area contributed by atoms with E-state index in [0.29, 0.717) is 0 Å². The SMILES string of the molecule is CCCC/C(C)=C1\C(=O)N(C)c2ccccc21. The summed E-state index contributed by atoms with van der Waals surface area (Å²) >= 11 is 0. The number of para-hydroxylation sites is 1. The molecule has 0 spiro atoms. The lowest BCUT2D eigenvalue weighted by molar-refractivity contribution is -0.112. The van der Waals surface area contributed by atoms with Crippen molar-refractivity contribution in [1.82, 2.24) is 0 Å². The summed E-state index contributed by atoms with van der Waals surface area (Å²) in [5, 5.41) is 0. The Balaban J connectivity index is 2.45. The average molecular weight is 229 g/mol. The van der Waals surface area contributed by atoms with Crippen LogP contribution in [0, 0.1) is 0 Å². The molecule has 0 aliphatic carbocycles. The van der Waals surface area contributed by atoms with Gasteiger partial charge in [0, 0.05) is 18.2 Å². The molecule has 0 atom stereocenters. The minimum Gasteiger partial charge on any atom is -0.311 e. The number of hydrogen-bond donors (Lipinski definition) is 0. The van der Waals surface area contributed by atoms with E-state index in [0.717, 1.165) is 36.1 Å². The highest BCUT2D eigenvalue weighted by atomic mass is 16.2. The van der Waals surface area contributed by atoms with Gasteiger partial charge < -0.3 is 4.90 Å². The highest BCUT2D eigenvalue weighted by Gasteiger charge is 2.30. The first kappa shape index (κ1) is 11.9. The molecule has 90 valence electrons. The largest absolute Gasteiger partial charge is 0.311 e. The van der Waals surface area contributed by atoms with E-state index >= 15 is 0 Å². The molecule has 0 aromatic heterocycles. The van der Waals surface area contributed by atoms with Crippen LogP contribution < -0.4 is 4.90 Å². The topological polar surface area (TPSA) is 20.3 Å². The molecule has 0 N–H and O–H groups in total. The van der Waals surface area contributed by atoms with Gasteiger partial charge in [0.25, 0.3) is 5.91 Å². The van der Waals surface area contributed by atoms with Gasteiger partial charge in [-0.1, -0.05) is 37.1 Å². The van der Waals surface area contributed by atoms with E-state index < -0.39 is 0 Å². The third kappa shape index (κ3) is 1.99. The van der Waals surface area contributed by atoms with Crippen molar-refractivity contribution in [3.05, 3.63) is 35.4 Å². The van der Waals surface area contributed by atoms with Crippen molar-refractivity contribution >= 4 is 17.2 Å². The van der Waals surface area contributed by atoms with Crippen LogP contribution >= 0.6 is 0 Å². The van der Waals surface area contributed by atoms with E-state index in [1.165, 1.54) is 5.57 Å². The lowest BCUT2D eigenvalue weighted by atomic mass is 9.98. The summed E-state index contributed by atoms with van der Waals surface area (Å²) in [6.07, 6.45) is 3.32. The van der Waals surface area contributed by atoms with Crippen molar-refractivity contribution in [2.24, 2.45) is 0 Å². The first-order chi connectivity index (χ1) is 8.16. The van der Waals surface area contributed by atoms with E-state index in [1.807, 2.05) is 31.3 Å². The maximum Gasteiger partial charge on any atom is 0.258 e. The molecule has 1 aliphatic rings. The molecule has 0 saturated carbocycles. The Kier molecular flexibility index (Phi) is 3.32. The summed E-state index contributed by atoms with van der Waals surface area (Å²) in [6, 6.07) is 8.03. The van der Waals surface area contributed by atoms with Crippen LogP contribution in [0.3, 0.4) is 0 Å². The van der Waals surface area contributed by atoms with Gasteiger partial charge in [-0.05, 0) is 25.8 Å². The average Bonchev–Trinajstić information content (AvgIpc) is 2.60. The molecule has 2 heteroatoms. The van der Waals surface area contributed by atoms with Crippen molar-refractivity contribution in [2.75, 3.05) is 11.9 Å². The van der Waals surface area contributed by atoms with Gasteiger partial charge in [0.05, 0.1) is 5.69 Å². The molecule has 17 heavy (non-hydrogen) atoms. The molecule has 1 aliphatic heterocycles. The van der Waals surface area contributed by atoms with Crippen LogP contribution in [-0.4, -0.2) is 13.0 Å². The van der Waals surface area contributed by atoms with E-state index in [9.17, 15) is 4.79 Å². The Bertz CT molecular complexity index is 474. The third-order valence-corrected chi connectivity index (χ3v) is 3.39. The number of likely N-dealkylation sites (N-methyl/N-ethyl adjacent to an activating group) is 1. The number of carbonyl (C=O) groups is 1. The summed E-state index contributed by atoms with van der Waals surface area (Å²) in [5.41, 5.74) is 4.25. The number of nitrogens with zero attached hydrogens (tertiary/aromatic N) is 1. The Morgan fingerprint density at radius 2 is 2.00 bits per heavy atom. The number of rotatable bonds is 3. The first-order valence-corrected chi connectivity index (χ1v) is 6.24. The van der Waals surface area contributed by atoms with Crippen LogP contribution in [0.4, 0.5) is 5.69 Å². The number of hydrogen-bond acceptors (Lipinski definition) is 1. The summed E-state index contributed by atoms with van der Waals surface area (Å²) in [4.78, 5) is 14.0. The fourth-order valence-electron chi connectivity index (χ4n) is 2.35. The van der Waals surface area contributed by atoms with Gasteiger partial charge in [-0.15, -0.1) is 0 Å². The molecule has 1 heterocycles. The van der Waals surface area contributed by atoms with Gasteiger partial charge in [0.1, 0.15) is 0 Å². The molecule has 0 fully saturated rings. The fraction of sp³-hybridized carbons (Fsp3) is 0.400. The van der Waals surface area contributed by atoms with Gasteiger partial charge in [-0.3, -0.25) is 4.79 Å². The number of allylic oxidation sites excluding steroid dienone is 1. The van der Waals surface area contributed by atoms with Crippen LogP contribution in [0.1, 0.15) is 38.7 Å². The number of benzene rings is 1. The van der Waals surface area contributed by atoms with E-state index in [-0.39, 0.29) is 5.91 Å². The maximum absolute atomic E-state index is 12.2. The summed E-state index contributed by atoms with van der Waals surface area (Å²) < 4.78 is 0. The van der Waals surface area contributed by atoms with Crippen molar-refractivity contribution in [1.29, 1.82) is 0 Å². The lowest BCUT2D eigenvalue weighted by Gasteiger charge is -2.08. The molecule has 1 aromatic carbocycles. The van der Waals surface area contributed by atoms with Crippen molar-refractivity contribution in [3.8, 4) is 0 Å². The Morgan fingerprint density at radius 3 is 2.71 bits per heavy atom. The number of carbonyl (C=O) groups excluding carboxylic acids is 1. The van der Waals surface area contributed by atoms with Crippen molar-refractivity contribution in [2.45, 2.75) is 33.1 Å². The quantitative estimate of drug-likeness (QED) is 0.725. The molecule has 0 unspecified atom stereocenters. The number of unbranched alkanes of at least 4 members (excludes halogenated alkanes) is 1. The van der Waals surface area contributed by atoms with Crippen LogP contribution in [0.2, 0.25) is 0 Å². The lowest BCUT2D eigenvalue weighted by Crippen LogP contribution is -2.20. The highest BCUT2D eigenvalue weighted by Crippen LogP contribution is 2.37. The van der Waals surface area contributed by atoms with Crippen molar-refractivity contribution < 1.29 is 4.79 Å². The summed E-state index contributed by atoms with van der Waals surface area (Å²) in [5.74, 6) is 0.139. The zero-order chi connectivity index (χ0) is 12.4. The Hall–Kier alpha value is -1.57. The van der Waals surface area contributed by atoms with Crippen LogP contribution in [0.5, 0.6) is 0 Å². The van der Waals surface area contributed by atoms with Gasteiger partial charge in [0.15, 0.2) is 0 Å². The molecular formula is C15H19NO. The molecule has 2 rings (SSSR count). The zero-order valence-electron chi connectivity index (χ0n) is 10.8. The number of fused-ring (bicyclic) bond motifs is 1. The Morgan fingerprint density at radius 1 is 1.29 bits per heavy atom. The molecular weight excluding hydrogens is 210 g/mol.